The summed E-state index contributed by atoms with van der Waals surface area (Å²) in [5.41, 5.74) is 0.579. The second-order valence-corrected chi connectivity index (χ2v) is 7.31. The van der Waals surface area contributed by atoms with Gasteiger partial charge in [0.1, 0.15) is 0 Å². The van der Waals surface area contributed by atoms with Crippen LogP contribution in [0.3, 0.4) is 0 Å². The zero-order valence-electron chi connectivity index (χ0n) is 13.7. The number of ether oxygens (including phenoxy) is 1. The van der Waals surface area contributed by atoms with Gasteiger partial charge in [-0.05, 0) is 31.9 Å². The minimum absolute atomic E-state index is 0.152. The average Bonchev–Trinajstić information content (AvgIpc) is 3.23. The number of rotatable bonds is 1. The third kappa shape index (κ3) is 1.70. The van der Waals surface area contributed by atoms with Crippen molar-refractivity contribution in [3.63, 3.8) is 0 Å². The minimum Gasteiger partial charge on any atom is -0.370 e. The van der Waals surface area contributed by atoms with Gasteiger partial charge in [-0.1, -0.05) is 24.3 Å². The van der Waals surface area contributed by atoms with Crippen molar-refractivity contribution < 1.29 is 14.3 Å². The standard InChI is InChI=1S/C20H16N2O3/c1-20-9-8-15(25-20)16-17(20)19(24)22(18(16)23)14-7-6-11(10-21)12-4-2-3-5-13(12)14/h2-7,15-17H,8-9H2,1H3. The van der Waals surface area contributed by atoms with Crippen LogP contribution in [0, 0.1) is 23.2 Å². The van der Waals surface area contributed by atoms with Crippen LogP contribution in [0.2, 0.25) is 0 Å². The van der Waals surface area contributed by atoms with E-state index in [0.29, 0.717) is 11.3 Å². The molecule has 4 atom stereocenters. The summed E-state index contributed by atoms with van der Waals surface area (Å²) in [4.78, 5) is 27.6. The fraction of sp³-hybridized carbons (Fsp3) is 0.350. The monoisotopic (exact) mass is 332 g/mol. The molecule has 3 aliphatic rings. The van der Waals surface area contributed by atoms with E-state index in [0.717, 1.165) is 23.6 Å². The molecule has 0 radical (unpaired) electrons. The van der Waals surface area contributed by atoms with Gasteiger partial charge in [-0.3, -0.25) is 9.59 Å². The molecule has 2 aromatic rings. The van der Waals surface area contributed by atoms with Crippen molar-refractivity contribution in [1.29, 1.82) is 5.26 Å². The van der Waals surface area contributed by atoms with Crippen molar-refractivity contribution in [1.82, 2.24) is 0 Å². The predicted octanol–water partition coefficient (Wildman–Crippen LogP) is 2.77. The highest BCUT2D eigenvalue weighted by molar-refractivity contribution is 6.26. The van der Waals surface area contributed by atoms with Crippen LogP contribution in [-0.4, -0.2) is 23.5 Å². The normalized spacial score (nSPS) is 33.1. The SMILES string of the molecule is CC12CCC(O1)C1C(=O)N(c3ccc(C#N)c4ccccc34)C(=O)C12. The van der Waals surface area contributed by atoms with E-state index in [-0.39, 0.29) is 23.8 Å². The van der Waals surface area contributed by atoms with Gasteiger partial charge in [0.2, 0.25) is 11.8 Å². The third-order valence-electron chi connectivity index (χ3n) is 6.02. The van der Waals surface area contributed by atoms with Gasteiger partial charge in [0.25, 0.3) is 0 Å². The summed E-state index contributed by atoms with van der Waals surface area (Å²) in [5.74, 6) is -1.11. The number of imide groups is 1. The summed E-state index contributed by atoms with van der Waals surface area (Å²) in [6.45, 7) is 1.95. The number of anilines is 1. The number of nitriles is 1. The first-order valence-electron chi connectivity index (χ1n) is 8.53. The fourth-order valence-corrected chi connectivity index (χ4v) is 4.89. The van der Waals surface area contributed by atoms with Crippen LogP contribution in [-0.2, 0) is 14.3 Å². The van der Waals surface area contributed by atoms with E-state index >= 15 is 0 Å². The lowest BCUT2D eigenvalue weighted by molar-refractivity contribution is -0.126. The van der Waals surface area contributed by atoms with Crippen LogP contribution >= 0.6 is 0 Å². The second kappa shape index (κ2) is 4.68. The molecular weight excluding hydrogens is 316 g/mol. The molecule has 5 nitrogen and oxygen atoms in total. The molecule has 0 aromatic heterocycles. The number of nitrogens with zero attached hydrogens (tertiary/aromatic N) is 2. The van der Waals surface area contributed by atoms with Crippen molar-refractivity contribution in [2.24, 2.45) is 11.8 Å². The van der Waals surface area contributed by atoms with Gasteiger partial charge in [-0.15, -0.1) is 0 Å². The Morgan fingerprint density at radius 3 is 2.64 bits per heavy atom. The summed E-state index contributed by atoms with van der Waals surface area (Å²) in [6, 6.07) is 13.0. The molecule has 5 rings (SSSR count). The average molecular weight is 332 g/mol. The Labute approximate surface area is 144 Å². The maximum absolute atomic E-state index is 13.2. The molecule has 124 valence electrons. The van der Waals surface area contributed by atoms with E-state index in [1.165, 1.54) is 4.90 Å². The lowest BCUT2D eigenvalue weighted by atomic mass is 9.74. The van der Waals surface area contributed by atoms with Crippen LogP contribution in [0.5, 0.6) is 0 Å². The summed E-state index contributed by atoms with van der Waals surface area (Å²) in [5, 5.41) is 10.8. The number of carbonyl (C=O) groups excluding carboxylic acids is 2. The summed E-state index contributed by atoms with van der Waals surface area (Å²) in [7, 11) is 0. The minimum atomic E-state index is -0.529. The van der Waals surface area contributed by atoms with Gasteiger partial charge >= 0.3 is 0 Å². The second-order valence-electron chi connectivity index (χ2n) is 7.31. The zero-order valence-corrected chi connectivity index (χ0v) is 13.7. The van der Waals surface area contributed by atoms with Crippen molar-refractivity contribution in [2.45, 2.75) is 31.5 Å². The van der Waals surface area contributed by atoms with Crippen LogP contribution in [0.25, 0.3) is 10.8 Å². The van der Waals surface area contributed by atoms with Crippen LogP contribution in [0.4, 0.5) is 5.69 Å². The number of fused-ring (bicyclic) bond motifs is 6. The number of amides is 2. The van der Waals surface area contributed by atoms with Gasteiger partial charge in [0, 0.05) is 10.8 Å². The number of benzene rings is 2. The third-order valence-corrected chi connectivity index (χ3v) is 6.02. The smallest absolute Gasteiger partial charge is 0.240 e. The van der Waals surface area contributed by atoms with Crippen molar-refractivity contribution in [3.05, 3.63) is 42.0 Å². The van der Waals surface area contributed by atoms with Gasteiger partial charge in [-0.2, -0.15) is 5.26 Å². The predicted molar refractivity (Wildman–Crippen MR) is 90.6 cm³/mol. The number of hydrogen-bond donors (Lipinski definition) is 0. The lowest BCUT2D eigenvalue weighted by Gasteiger charge is -2.26. The largest absolute Gasteiger partial charge is 0.370 e. The molecule has 5 heteroatoms. The fourth-order valence-electron chi connectivity index (χ4n) is 4.89. The topological polar surface area (TPSA) is 70.4 Å². The molecule has 0 N–H and O–H groups in total. The summed E-state index contributed by atoms with van der Waals surface area (Å²) in [6.07, 6.45) is 1.50. The molecule has 2 bridgehead atoms. The van der Waals surface area contributed by atoms with E-state index < -0.39 is 11.5 Å². The summed E-state index contributed by atoms with van der Waals surface area (Å²) < 4.78 is 5.96. The molecule has 2 amide bonds. The number of carbonyl (C=O) groups is 2. The molecule has 0 spiro atoms. The van der Waals surface area contributed by atoms with Gasteiger partial charge in [-0.25, -0.2) is 4.90 Å². The maximum Gasteiger partial charge on any atom is 0.240 e. The van der Waals surface area contributed by atoms with E-state index in [4.69, 9.17) is 4.74 Å². The molecule has 2 aromatic carbocycles. The van der Waals surface area contributed by atoms with Crippen LogP contribution in [0.15, 0.2) is 36.4 Å². The Kier molecular flexibility index (Phi) is 2.73. The van der Waals surface area contributed by atoms with Crippen LogP contribution in [0.1, 0.15) is 25.3 Å². The quantitative estimate of drug-likeness (QED) is 0.753. The first kappa shape index (κ1) is 14.6. The molecule has 3 fully saturated rings. The Bertz CT molecular complexity index is 992. The maximum atomic E-state index is 13.2. The Morgan fingerprint density at radius 2 is 1.92 bits per heavy atom. The summed E-state index contributed by atoms with van der Waals surface area (Å²) >= 11 is 0. The van der Waals surface area contributed by atoms with Gasteiger partial charge in [0.15, 0.2) is 0 Å². The van der Waals surface area contributed by atoms with Crippen molar-refractivity contribution in [2.75, 3.05) is 4.90 Å². The molecule has 25 heavy (non-hydrogen) atoms. The highest BCUT2D eigenvalue weighted by atomic mass is 16.5. The molecule has 0 aliphatic carbocycles. The van der Waals surface area contributed by atoms with Gasteiger partial charge in [0.05, 0.1) is 40.9 Å². The Hall–Kier alpha value is -2.71. The molecule has 4 unspecified atom stereocenters. The van der Waals surface area contributed by atoms with E-state index in [1.54, 1.807) is 12.1 Å². The van der Waals surface area contributed by atoms with E-state index in [1.807, 2.05) is 31.2 Å². The van der Waals surface area contributed by atoms with Crippen LogP contribution < -0.4 is 4.90 Å². The molecule has 0 saturated carbocycles. The van der Waals surface area contributed by atoms with E-state index in [2.05, 4.69) is 6.07 Å². The Morgan fingerprint density at radius 1 is 1.16 bits per heavy atom. The first-order chi connectivity index (χ1) is 12.0. The van der Waals surface area contributed by atoms with E-state index in [9.17, 15) is 14.9 Å². The number of hydrogen-bond acceptors (Lipinski definition) is 4. The van der Waals surface area contributed by atoms with Crippen molar-refractivity contribution in [3.8, 4) is 6.07 Å². The highest BCUT2D eigenvalue weighted by Gasteiger charge is 2.67. The van der Waals surface area contributed by atoms with Crippen molar-refractivity contribution >= 4 is 28.3 Å². The zero-order chi connectivity index (χ0) is 17.3. The van der Waals surface area contributed by atoms with Gasteiger partial charge < -0.3 is 4.74 Å². The first-order valence-corrected chi connectivity index (χ1v) is 8.53. The lowest BCUT2D eigenvalue weighted by Crippen LogP contribution is -2.39. The molecule has 3 aliphatic heterocycles. The Balaban J connectivity index is 1.69. The molecule has 3 heterocycles. The molecular formula is C20H16N2O3. The highest BCUT2D eigenvalue weighted by Crippen LogP contribution is 2.55. The molecule has 3 saturated heterocycles.